The summed E-state index contributed by atoms with van der Waals surface area (Å²) in [5.74, 6) is -0.0274. The number of hydrogen-bond acceptors (Lipinski definition) is 1. The normalized spacial score (nSPS) is 11.2. The van der Waals surface area contributed by atoms with Crippen molar-refractivity contribution in [1.82, 2.24) is 0 Å². The standard InChI is InChI=1S/C15H13NO.Cd/c1-10(17)16-13-6-7-15-12(9-13)8-11-4-2-3-5-14(11)15;/h2-7,9H,8H2,1H3,(H,16,17);. The van der Waals surface area contributed by atoms with E-state index < -0.39 is 0 Å². The fourth-order valence-corrected chi connectivity index (χ4v) is 2.43. The van der Waals surface area contributed by atoms with Gasteiger partial charge in [-0.3, -0.25) is 4.79 Å². The Kier molecular flexibility index (Phi) is 3.85. The van der Waals surface area contributed by atoms with Crippen molar-refractivity contribution in [2.45, 2.75) is 13.3 Å². The van der Waals surface area contributed by atoms with E-state index in [4.69, 9.17) is 0 Å². The molecule has 0 saturated heterocycles. The van der Waals surface area contributed by atoms with E-state index in [-0.39, 0.29) is 33.2 Å². The summed E-state index contributed by atoms with van der Waals surface area (Å²) >= 11 is 0. The van der Waals surface area contributed by atoms with E-state index in [0.29, 0.717) is 0 Å². The van der Waals surface area contributed by atoms with E-state index in [1.165, 1.54) is 29.2 Å². The molecule has 1 aliphatic carbocycles. The molecule has 0 heterocycles. The van der Waals surface area contributed by atoms with Crippen molar-refractivity contribution in [3.05, 3.63) is 53.6 Å². The predicted molar refractivity (Wildman–Crippen MR) is 69.0 cm³/mol. The van der Waals surface area contributed by atoms with E-state index in [9.17, 15) is 4.79 Å². The minimum Gasteiger partial charge on any atom is -0.326 e. The maximum absolute atomic E-state index is 11.0. The summed E-state index contributed by atoms with van der Waals surface area (Å²) in [6.07, 6.45) is 0.957. The predicted octanol–water partition coefficient (Wildman–Crippen LogP) is 3.21. The molecule has 3 heteroatoms. The van der Waals surface area contributed by atoms with Gasteiger partial charge in [0.2, 0.25) is 5.91 Å². The van der Waals surface area contributed by atoms with Crippen LogP contribution in [0.3, 0.4) is 0 Å². The van der Waals surface area contributed by atoms with Crippen LogP contribution in [0.15, 0.2) is 42.5 Å². The van der Waals surface area contributed by atoms with Gasteiger partial charge in [-0.2, -0.15) is 0 Å². The van der Waals surface area contributed by atoms with E-state index in [2.05, 4.69) is 41.7 Å². The van der Waals surface area contributed by atoms with Crippen LogP contribution in [0, 0.1) is 0 Å². The number of fused-ring (bicyclic) bond motifs is 3. The molecule has 2 aromatic rings. The molecule has 0 saturated carbocycles. The second-order valence-corrected chi connectivity index (χ2v) is 4.39. The first-order valence-electron chi connectivity index (χ1n) is 5.73. The van der Waals surface area contributed by atoms with E-state index in [1.807, 2.05) is 6.07 Å². The van der Waals surface area contributed by atoms with Gasteiger partial charge < -0.3 is 5.32 Å². The number of amides is 1. The average molecular weight is 336 g/mol. The summed E-state index contributed by atoms with van der Waals surface area (Å²) in [4.78, 5) is 11.0. The quantitative estimate of drug-likeness (QED) is 0.680. The summed E-state index contributed by atoms with van der Waals surface area (Å²) in [6.45, 7) is 1.53. The molecule has 2 nitrogen and oxygen atoms in total. The van der Waals surface area contributed by atoms with Crippen molar-refractivity contribution >= 4 is 11.6 Å². The molecule has 0 bridgehead atoms. The van der Waals surface area contributed by atoms with Crippen LogP contribution in [0.2, 0.25) is 0 Å². The number of nitrogens with one attached hydrogen (secondary N) is 1. The van der Waals surface area contributed by atoms with E-state index in [1.54, 1.807) is 0 Å². The smallest absolute Gasteiger partial charge is 0.221 e. The molecule has 0 aromatic heterocycles. The Balaban J connectivity index is 0.00000120. The Morgan fingerprint density at radius 1 is 1.06 bits per heavy atom. The number of carbonyl (C=O) groups is 1. The summed E-state index contributed by atoms with van der Waals surface area (Å²) in [5, 5.41) is 2.82. The van der Waals surface area contributed by atoms with Gasteiger partial charge in [-0.15, -0.1) is 0 Å². The summed E-state index contributed by atoms with van der Waals surface area (Å²) in [6, 6.07) is 14.6. The number of benzene rings is 2. The monoisotopic (exact) mass is 337 g/mol. The van der Waals surface area contributed by atoms with E-state index >= 15 is 0 Å². The Morgan fingerprint density at radius 3 is 2.56 bits per heavy atom. The minimum atomic E-state index is -0.0274. The number of rotatable bonds is 1. The van der Waals surface area contributed by atoms with Crippen LogP contribution in [0.5, 0.6) is 0 Å². The third-order valence-corrected chi connectivity index (χ3v) is 3.11. The third-order valence-electron chi connectivity index (χ3n) is 3.11. The molecule has 1 N–H and O–H groups in total. The molecule has 0 unspecified atom stereocenters. The maximum Gasteiger partial charge on any atom is 0.221 e. The van der Waals surface area contributed by atoms with Gasteiger partial charge in [0, 0.05) is 39.9 Å². The van der Waals surface area contributed by atoms with Gasteiger partial charge >= 0.3 is 0 Å². The van der Waals surface area contributed by atoms with Crippen molar-refractivity contribution < 1.29 is 32.1 Å². The van der Waals surface area contributed by atoms with Crippen LogP contribution in [-0.2, 0) is 38.5 Å². The van der Waals surface area contributed by atoms with Crippen LogP contribution < -0.4 is 5.32 Å². The second kappa shape index (κ2) is 5.22. The molecular formula is C15H13CdNO. The molecular weight excluding hydrogens is 323 g/mol. The van der Waals surface area contributed by atoms with Gasteiger partial charge in [0.15, 0.2) is 0 Å². The molecule has 0 fully saturated rings. The maximum atomic E-state index is 11.0. The zero-order chi connectivity index (χ0) is 11.8. The largest absolute Gasteiger partial charge is 0.326 e. The third kappa shape index (κ3) is 2.34. The van der Waals surface area contributed by atoms with Crippen LogP contribution in [0.25, 0.3) is 11.1 Å². The fourth-order valence-electron chi connectivity index (χ4n) is 2.43. The van der Waals surface area contributed by atoms with Crippen LogP contribution in [0.4, 0.5) is 5.69 Å². The summed E-state index contributed by atoms with van der Waals surface area (Å²) in [5.41, 5.74) is 6.13. The summed E-state index contributed by atoms with van der Waals surface area (Å²) in [7, 11) is 0. The molecule has 2 aromatic carbocycles. The number of carbonyl (C=O) groups excluding carboxylic acids is 1. The van der Waals surface area contributed by atoms with Crippen molar-refractivity contribution in [3.63, 3.8) is 0 Å². The van der Waals surface area contributed by atoms with Gasteiger partial charge in [-0.1, -0.05) is 30.3 Å². The van der Waals surface area contributed by atoms with Gasteiger partial charge in [0.25, 0.3) is 0 Å². The van der Waals surface area contributed by atoms with Crippen molar-refractivity contribution in [2.24, 2.45) is 0 Å². The van der Waals surface area contributed by atoms with Gasteiger partial charge in [0.05, 0.1) is 0 Å². The number of anilines is 1. The van der Waals surface area contributed by atoms with Crippen molar-refractivity contribution in [1.29, 1.82) is 0 Å². The minimum absolute atomic E-state index is 0. The van der Waals surface area contributed by atoms with Crippen LogP contribution in [-0.4, -0.2) is 5.91 Å². The molecule has 0 atom stereocenters. The van der Waals surface area contributed by atoms with Crippen molar-refractivity contribution in [2.75, 3.05) is 5.32 Å². The molecule has 0 aliphatic heterocycles. The topological polar surface area (TPSA) is 29.1 Å². The molecule has 1 amide bonds. The van der Waals surface area contributed by atoms with E-state index in [0.717, 1.165) is 12.1 Å². The zero-order valence-corrected chi connectivity index (χ0v) is 14.4. The number of hydrogen-bond donors (Lipinski definition) is 1. The molecule has 0 spiro atoms. The first-order valence-corrected chi connectivity index (χ1v) is 5.73. The SMILES string of the molecule is CC(=O)Nc1ccc2c(c1)Cc1ccccc1-2.[Cd]. The van der Waals surface area contributed by atoms with Gasteiger partial charge in [0.1, 0.15) is 0 Å². The molecule has 1 aliphatic rings. The Bertz CT molecular complexity index is 607. The zero-order valence-electron chi connectivity index (χ0n) is 10.4. The molecule has 86 valence electrons. The Morgan fingerprint density at radius 2 is 1.78 bits per heavy atom. The molecule has 0 radical (unpaired) electrons. The fraction of sp³-hybridized carbons (Fsp3) is 0.133. The van der Waals surface area contributed by atoms with Gasteiger partial charge in [-0.25, -0.2) is 0 Å². The van der Waals surface area contributed by atoms with Crippen LogP contribution in [0.1, 0.15) is 18.1 Å². The Labute approximate surface area is 127 Å². The van der Waals surface area contributed by atoms with Crippen LogP contribution >= 0.6 is 0 Å². The first-order chi connectivity index (χ1) is 8.24. The molecule has 3 rings (SSSR count). The van der Waals surface area contributed by atoms with Crippen molar-refractivity contribution in [3.8, 4) is 11.1 Å². The Hall–Kier alpha value is -1.17. The molecule has 18 heavy (non-hydrogen) atoms. The van der Waals surface area contributed by atoms with Gasteiger partial charge in [-0.05, 0) is 40.8 Å². The average Bonchev–Trinajstić information content (AvgIpc) is 2.65. The second-order valence-electron chi connectivity index (χ2n) is 4.39. The summed E-state index contributed by atoms with van der Waals surface area (Å²) < 4.78 is 0. The first kappa shape index (κ1) is 13.3.